The summed E-state index contributed by atoms with van der Waals surface area (Å²) in [7, 11) is 0. The van der Waals surface area contributed by atoms with Gasteiger partial charge >= 0.3 is 0 Å². The summed E-state index contributed by atoms with van der Waals surface area (Å²) in [6.45, 7) is 5.40. The van der Waals surface area contributed by atoms with E-state index in [9.17, 15) is 9.59 Å². The van der Waals surface area contributed by atoms with Gasteiger partial charge in [0.15, 0.2) is 5.78 Å². The van der Waals surface area contributed by atoms with Crippen LogP contribution in [0.4, 0.5) is 0 Å². The van der Waals surface area contributed by atoms with Crippen molar-refractivity contribution in [2.24, 2.45) is 5.92 Å². The Balaban J connectivity index is 1.66. The first-order valence-electron chi connectivity index (χ1n) is 9.41. The number of benzene rings is 2. The number of Topliss-reactive ketones (excluding diaryl/α,β-unsaturated/α-hetero) is 1. The lowest BCUT2D eigenvalue weighted by molar-refractivity contribution is 0.0647. The number of thioether (sulfide) groups is 1. The Hall–Kier alpha value is -1.49. The number of piperidine rings is 1. The van der Waals surface area contributed by atoms with E-state index in [1.807, 2.05) is 29.2 Å². The molecule has 3 nitrogen and oxygen atoms in total. The molecule has 0 bridgehead atoms. The van der Waals surface area contributed by atoms with Crippen LogP contribution in [0.15, 0.2) is 47.4 Å². The van der Waals surface area contributed by atoms with E-state index in [0.717, 1.165) is 10.5 Å². The van der Waals surface area contributed by atoms with Gasteiger partial charge in [0.1, 0.15) is 0 Å². The van der Waals surface area contributed by atoms with Gasteiger partial charge in [-0.3, -0.25) is 9.59 Å². The van der Waals surface area contributed by atoms with Crippen LogP contribution in [0.5, 0.6) is 0 Å². The maximum Gasteiger partial charge on any atom is 0.254 e. The summed E-state index contributed by atoms with van der Waals surface area (Å²) in [6.07, 6.45) is 1.31. The first-order valence-corrected chi connectivity index (χ1v) is 11.0. The molecule has 1 fully saturated rings. The van der Waals surface area contributed by atoms with E-state index in [1.165, 1.54) is 0 Å². The molecule has 1 aliphatic rings. The Bertz CT molecular complexity index is 877. The van der Waals surface area contributed by atoms with E-state index >= 15 is 0 Å². The van der Waals surface area contributed by atoms with E-state index in [4.69, 9.17) is 23.2 Å². The molecule has 0 atom stereocenters. The Morgan fingerprint density at radius 1 is 1.04 bits per heavy atom. The average molecular weight is 436 g/mol. The van der Waals surface area contributed by atoms with E-state index in [1.54, 1.807) is 30.0 Å². The molecule has 0 spiro atoms. The predicted molar refractivity (Wildman–Crippen MR) is 117 cm³/mol. The van der Waals surface area contributed by atoms with Gasteiger partial charge in [-0.25, -0.2) is 0 Å². The number of nitrogens with zero attached hydrogens (tertiary/aromatic N) is 1. The highest BCUT2D eigenvalue weighted by Gasteiger charge is 2.29. The highest BCUT2D eigenvalue weighted by molar-refractivity contribution is 8.00. The minimum absolute atomic E-state index is 0.0455. The van der Waals surface area contributed by atoms with Crippen molar-refractivity contribution in [1.29, 1.82) is 0 Å². The molecule has 3 rings (SSSR count). The highest BCUT2D eigenvalue weighted by atomic mass is 35.5. The number of amides is 1. The minimum atomic E-state index is -0.0958. The monoisotopic (exact) mass is 435 g/mol. The summed E-state index contributed by atoms with van der Waals surface area (Å²) in [4.78, 5) is 28.7. The SMILES string of the molecule is CC(C)Sc1ccccc1C(=O)N1CCC(C(=O)c2ccc(Cl)c(Cl)c2)CC1. The van der Waals surface area contributed by atoms with E-state index in [2.05, 4.69) is 13.8 Å². The molecule has 1 amide bonds. The van der Waals surface area contributed by atoms with Crippen LogP contribution in [0.3, 0.4) is 0 Å². The van der Waals surface area contributed by atoms with Gasteiger partial charge in [0.05, 0.1) is 15.6 Å². The number of likely N-dealkylation sites (tertiary alicyclic amines) is 1. The van der Waals surface area contributed by atoms with Crippen LogP contribution in [0.25, 0.3) is 0 Å². The van der Waals surface area contributed by atoms with Gasteiger partial charge in [0.2, 0.25) is 0 Å². The van der Waals surface area contributed by atoms with Crippen molar-refractivity contribution >= 4 is 46.7 Å². The molecule has 0 aliphatic carbocycles. The van der Waals surface area contributed by atoms with Crippen molar-refractivity contribution in [3.63, 3.8) is 0 Å². The minimum Gasteiger partial charge on any atom is -0.339 e. The molecule has 2 aromatic rings. The normalized spacial score (nSPS) is 15.1. The number of carbonyl (C=O) groups excluding carboxylic acids is 2. The number of hydrogen-bond acceptors (Lipinski definition) is 3. The van der Waals surface area contributed by atoms with Gasteiger partial charge in [0, 0.05) is 34.7 Å². The molecule has 0 radical (unpaired) electrons. The summed E-state index contributed by atoms with van der Waals surface area (Å²) in [6, 6.07) is 12.7. The second-order valence-electron chi connectivity index (χ2n) is 7.22. The second kappa shape index (κ2) is 9.34. The van der Waals surface area contributed by atoms with Gasteiger partial charge in [-0.2, -0.15) is 0 Å². The quantitative estimate of drug-likeness (QED) is 0.412. The van der Waals surface area contributed by atoms with Gasteiger partial charge in [-0.05, 0) is 43.2 Å². The zero-order valence-electron chi connectivity index (χ0n) is 16.0. The number of ketones is 1. The first kappa shape index (κ1) is 21.2. The lowest BCUT2D eigenvalue weighted by Gasteiger charge is -2.32. The van der Waals surface area contributed by atoms with Crippen LogP contribution in [0.1, 0.15) is 47.4 Å². The number of hydrogen-bond donors (Lipinski definition) is 0. The van der Waals surface area contributed by atoms with Crippen molar-refractivity contribution in [2.75, 3.05) is 13.1 Å². The number of halogens is 2. The fourth-order valence-corrected chi connectivity index (χ4v) is 4.65. The maximum absolute atomic E-state index is 13.0. The first-order chi connectivity index (χ1) is 13.4. The zero-order valence-corrected chi connectivity index (χ0v) is 18.3. The molecule has 0 unspecified atom stereocenters. The molecule has 6 heteroatoms. The lowest BCUT2D eigenvalue weighted by atomic mass is 9.88. The van der Waals surface area contributed by atoms with Crippen molar-refractivity contribution < 1.29 is 9.59 Å². The molecule has 0 N–H and O–H groups in total. The second-order valence-corrected chi connectivity index (χ2v) is 9.66. The van der Waals surface area contributed by atoms with E-state index in [-0.39, 0.29) is 17.6 Å². The third-order valence-electron chi connectivity index (χ3n) is 4.84. The van der Waals surface area contributed by atoms with Crippen LogP contribution in [-0.4, -0.2) is 34.9 Å². The van der Waals surface area contributed by atoms with Crippen molar-refractivity contribution in [3.05, 3.63) is 63.6 Å². The molecule has 0 aromatic heterocycles. The summed E-state index contributed by atoms with van der Waals surface area (Å²) in [5.74, 6) is 0.0205. The molecule has 28 heavy (non-hydrogen) atoms. The Labute approximate surface area is 180 Å². The molecular weight excluding hydrogens is 413 g/mol. The maximum atomic E-state index is 13.0. The summed E-state index contributed by atoms with van der Waals surface area (Å²) >= 11 is 13.7. The molecular formula is C22H23Cl2NO2S. The lowest BCUT2D eigenvalue weighted by Crippen LogP contribution is -2.40. The molecule has 0 saturated carbocycles. The Kier molecular flexibility index (Phi) is 7.08. The fraction of sp³-hybridized carbons (Fsp3) is 0.364. The van der Waals surface area contributed by atoms with Crippen LogP contribution in [0, 0.1) is 5.92 Å². The van der Waals surface area contributed by atoms with Gasteiger partial charge in [-0.1, -0.05) is 49.2 Å². The summed E-state index contributed by atoms with van der Waals surface area (Å²) < 4.78 is 0. The Morgan fingerprint density at radius 3 is 2.36 bits per heavy atom. The largest absolute Gasteiger partial charge is 0.339 e. The van der Waals surface area contributed by atoms with Crippen molar-refractivity contribution in [3.8, 4) is 0 Å². The zero-order chi connectivity index (χ0) is 20.3. The average Bonchev–Trinajstić information content (AvgIpc) is 2.69. The highest BCUT2D eigenvalue weighted by Crippen LogP contribution is 2.30. The third-order valence-corrected chi connectivity index (χ3v) is 6.66. The third kappa shape index (κ3) is 4.91. The van der Waals surface area contributed by atoms with Crippen molar-refractivity contribution in [1.82, 2.24) is 4.90 Å². The summed E-state index contributed by atoms with van der Waals surface area (Å²) in [5, 5.41) is 1.24. The van der Waals surface area contributed by atoms with Crippen molar-refractivity contribution in [2.45, 2.75) is 36.8 Å². The molecule has 2 aromatic carbocycles. The number of rotatable bonds is 5. The summed E-state index contributed by atoms with van der Waals surface area (Å²) in [5.41, 5.74) is 1.33. The van der Waals surface area contributed by atoms with E-state index in [0.29, 0.717) is 46.8 Å². The number of carbonyl (C=O) groups is 2. The predicted octanol–water partition coefficient (Wildman–Crippen LogP) is 6.23. The topological polar surface area (TPSA) is 37.4 Å². The van der Waals surface area contributed by atoms with Crippen LogP contribution < -0.4 is 0 Å². The van der Waals surface area contributed by atoms with Gasteiger partial charge in [0.25, 0.3) is 5.91 Å². The smallest absolute Gasteiger partial charge is 0.254 e. The van der Waals surface area contributed by atoms with Crippen LogP contribution >= 0.6 is 35.0 Å². The van der Waals surface area contributed by atoms with Crippen LogP contribution in [-0.2, 0) is 0 Å². The van der Waals surface area contributed by atoms with Gasteiger partial charge in [-0.15, -0.1) is 11.8 Å². The fourth-order valence-electron chi connectivity index (χ4n) is 3.40. The van der Waals surface area contributed by atoms with E-state index < -0.39 is 0 Å². The molecule has 1 saturated heterocycles. The van der Waals surface area contributed by atoms with Gasteiger partial charge < -0.3 is 4.90 Å². The molecule has 1 heterocycles. The molecule has 148 valence electrons. The van der Waals surface area contributed by atoms with Crippen LogP contribution in [0.2, 0.25) is 10.0 Å². The standard InChI is InChI=1S/C22H23Cl2NO2S/c1-14(2)28-20-6-4-3-5-17(20)22(27)25-11-9-15(10-12-25)21(26)16-7-8-18(23)19(24)13-16/h3-8,13-15H,9-12H2,1-2H3. The molecule has 1 aliphatic heterocycles. The Morgan fingerprint density at radius 2 is 1.71 bits per heavy atom.